The zero-order valence-corrected chi connectivity index (χ0v) is 17.3. The Labute approximate surface area is 166 Å². The molecular weight excluding hydrogens is 382 g/mol. The predicted octanol–water partition coefficient (Wildman–Crippen LogP) is -0.636. The fraction of sp³-hybridized carbons (Fsp3) is 0.706. The molecule has 156 valence electrons. The van der Waals surface area contributed by atoms with E-state index in [2.05, 4.69) is 20.1 Å². The van der Waals surface area contributed by atoms with Crippen molar-refractivity contribution >= 4 is 27.6 Å². The number of aromatic nitrogens is 2. The number of carbonyl (C=O) groups is 1. The van der Waals surface area contributed by atoms with E-state index < -0.39 is 10.0 Å². The van der Waals surface area contributed by atoms with Gasteiger partial charge in [-0.3, -0.25) is 14.5 Å². The number of aliphatic imine (C=N–C) groups is 1. The third-order valence-corrected chi connectivity index (χ3v) is 6.55. The molecule has 0 bridgehead atoms. The van der Waals surface area contributed by atoms with Crippen molar-refractivity contribution in [3.8, 4) is 0 Å². The van der Waals surface area contributed by atoms with Crippen molar-refractivity contribution in [1.29, 1.82) is 0 Å². The molecule has 2 heterocycles. The quantitative estimate of drug-likeness (QED) is 0.456. The second-order valence-electron chi connectivity index (χ2n) is 7.28. The standard InChI is InChI=1S/C17H29N7O3S/c1-18-17(19-6-9-28(26,27)21-10-14-4-3-5-14)23-7-8-24(16(25)13-23)15-11-20-22(2)12-15/h11-12,14,21H,3-10,13H2,1-2H3,(H,18,19). The highest BCUT2D eigenvalue weighted by atomic mass is 32.2. The Kier molecular flexibility index (Phi) is 6.55. The maximum absolute atomic E-state index is 12.5. The normalized spacial score (nSPS) is 19.1. The smallest absolute Gasteiger partial charge is 0.246 e. The maximum atomic E-state index is 12.5. The molecule has 11 heteroatoms. The summed E-state index contributed by atoms with van der Waals surface area (Å²) >= 11 is 0. The van der Waals surface area contributed by atoms with Gasteiger partial charge in [-0.2, -0.15) is 5.10 Å². The fourth-order valence-corrected chi connectivity index (χ4v) is 4.32. The van der Waals surface area contributed by atoms with E-state index in [1.165, 1.54) is 6.42 Å². The average molecular weight is 412 g/mol. The molecule has 0 spiro atoms. The van der Waals surface area contributed by atoms with Crippen LogP contribution in [0.15, 0.2) is 17.4 Å². The molecule has 1 aromatic rings. The van der Waals surface area contributed by atoms with E-state index in [4.69, 9.17) is 0 Å². The third-order valence-electron chi connectivity index (χ3n) is 5.21. The van der Waals surface area contributed by atoms with Gasteiger partial charge in [-0.1, -0.05) is 6.42 Å². The van der Waals surface area contributed by atoms with Crippen LogP contribution in [0.5, 0.6) is 0 Å². The van der Waals surface area contributed by atoms with Gasteiger partial charge in [-0.25, -0.2) is 13.1 Å². The number of amides is 1. The van der Waals surface area contributed by atoms with Gasteiger partial charge in [-0.15, -0.1) is 0 Å². The van der Waals surface area contributed by atoms with Crippen molar-refractivity contribution in [3.05, 3.63) is 12.4 Å². The minimum absolute atomic E-state index is 0.0255. The third kappa shape index (κ3) is 5.22. The van der Waals surface area contributed by atoms with Crippen LogP contribution in [0.2, 0.25) is 0 Å². The molecule has 1 saturated heterocycles. The van der Waals surface area contributed by atoms with Gasteiger partial charge in [0.05, 0.1) is 17.6 Å². The summed E-state index contributed by atoms with van der Waals surface area (Å²) in [7, 11) is 0.128. The van der Waals surface area contributed by atoms with Crippen molar-refractivity contribution in [2.45, 2.75) is 19.3 Å². The van der Waals surface area contributed by atoms with Crippen molar-refractivity contribution in [3.63, 3.8) is 0 Å². The van der Waals surface area contributed by atoms with Crippen LogP contribution in [0.3, 0.4) is 0 Å². The van der Waals surface area contributed by atoms with Crippen LogP contribution in [0.1, 0.15) is 19.3 Å². The monoisotopic (exact) mass is 411 g/mol. The van der Waals surface area contributed by atoms with Crippen LogP contribution in [0, 0.1) is 5.92 Å². The topological polar surface area (TPSA) is 112 Å². The molecule has 2 N–H and O–H groups in total. The number of rotatable bonds is 7. The number of guanidine groups is 1. The molecule has 1 aromatic heterocycles. The number of nitrogens with zero attached hydrogens (tertiary/aromatic N) is 5. The number of anilines is 1. The van der Waals surface area contributed by atoms with Gasteiger partial charge >= 0.3 is 0 Å². The predicted molar refractivity (Wildman–Crippen MR) is 108 cm³/mol. The van der Waals surface area contributed by atoms with E-state index in [-0.39, 0.29) is 24.7 Å². The molecule has 10 nitrogen and oxygen atoms in total. The molecule has 1 saturated carbocycles. The summed E-state index contributed by atoms with van der Waals surface area (Å²) < 4.78 is 28.5. The lowest BCUT2D eigenvalue weighted by atomic mass is 9.86. The van der Waals surface area contributed by atoms with Gasteiger partial charge in [0, 0.05) is 46.5 Å². The van der Waals surface area contributed by atoms with Crippen LogP contribution in [-0.4, -0.2) is 80.5 Å². The summed E-state index contributed by atoms with van der Waals surface area (Å²) in [6, 6.07) is 0. The Bertz CT molecular complexity index is 816. The minimum atomic E-state index is -3.31. The van der Waals surface area contributed by atoms with Gasteiger partial charge in [0.2, 0.25) is 15.9 Å². The number of aryl methyl sites for hydroxylation is 1. The van der Waals surface area contributed by atoms with Crippen LogP contribution in [0.4, 0.5) is 5.69 Å². The van der Waals surface area contributed by atoms with Gasteiger partial charge < -0.3 is 15.1 Å². The highest BCUT2D eigenvalue weighted by molar-refractivity contribution is 7.89. The Balaban J connectivity index is 1.45. The van der Waals surface area contributed by atoms with Crippen LogP contribution in [-0.2, 0) is 21.9 Å². The van der Waals surface area contributed by atoms with Gasteiger partial charge in [0.1, 0.15) is 6.54 Å². The summed E-state index contributed by atoms with van der Waals surface area (Å²) in [5, 5.41) is 7.16. The van der Waals surface area contributed by atoms with E-state index in [1.54, 1.807) is 22.8 Å². The lowest BCUT2D eigenvalue weighted by molar-refractivity contribution is -0.120. The molecule has 0 atom stereocenters. The Hall–Kier alpha value is -2.14. The Morgan fingerprint density at radius 2 is 2.14 bits per heavy atom. The molecule has 0 radical (unpaired) electrons. The van der Waals surface area contributed by atoms with Crippen LogP contribution in [0.25, 0.3) is 0 Å². The zero-order chi connectivity index (χ0) is 20.1. The highest BCUT2D eigenvalue weighted by Gasteiger charge is 2.28. The molecule has 2 aliphatic rings. The van der Waals surface area contributed by atoms with Crippen molar-refractivity contribution in [2.24, 2.45) is 18.0 Å². The zero-order valence-electron chi connectivity index (χ0n) is 16.5. The Morgan fingerprint density at radius 1 is 1.36 bits per heavy atom. The maximum Gasteiger partial charge on any atom is 0.246 e. The molecule has 1 aliphatic carbocycles. The lowest BCUT2D eigenvalue weighted by Crippen LogP contribution is -2.55. The molecule has 2 fully saturated rings. The van der Waals surface area contributed by atoms with E-state index >= 15 is 0 Å². The number of hydrogen-bond acceptors (Lipinski definition) is 5. The molecular formula is C17H29N7O3S. The van der Waals surface area contributed by atoms with Crippen molar-refractivity contribution in [1.82, 2.24) is 24.7 Å². The van der Waals surface area contributed by atoms with Gasteiger partial charge in [0.15, 0.2) is 5.96 Å². The molecule has 28 heavy (non-hydrogen) atoms. The van der Waals surface area contributed by atoms with Crippen molar-refractivity contribution in [2.75, 3.05) is 50.4 Å². The first-order chi connectivity index (χ1) is 13.4. The molecule has 0 aromatic carbocycles. The first-order valence-corrected chi connectivity index (χ1v) is 11.2. The summed E-state index contributed by atoms with van der Waals surface area (Å²) in [5.41, 5.74) is 0.777. The van der Waals surface area contributed by atoms with Gasteiger partial charge in [0.25, 0.3) is 0 Å². The van der Waals surface area contributed by atoms with E-state index in [0.29, 0.717) is 31.5 Å². The number of nitrogens with one attached hydrogen (secondary N) is 2. The highest BCUT2D eigenvalue weighted by Crippen LogP contribution is 2.25. The second kappa shape index (κ2) is 8.91. The average Bonchev–Trinajstić information content (AvgIpc) is 3.03. The van der Waals surface area contributed by atoms with E-state index in [1.807, 2.05) is 18.1 Å². The number of carbonyl (C=O) groups excluding carboxylic acids is 1. The second-order valence-corrected chi connectivity index (χ2v) is 9.20. The number of sulfonamides is 1. The van der Waals surface area contributed by atoms with E-state index in [0.717, 1.165) is 18.5 Å². The first kappa shape index (κ1) is 20.6. The van der Waals surface area contributed by atoms with Crippen LogP contribution < -0.4 is 14.9 Å². The summed E-state index contributed by atoms with van der Waals surface area (Å²) in [4.78, 5) is 20.2. The molecule has 1 amide bonds. The first-order valence-electron chi connectivity index (χ1n) is 9.60. The lowest BCUT2D eigenvalue weighted by Gasteiger charge is -2.35. The fourth-order valence-electron chi connectivity index (χ4n) is 3.32. The van der Waals surface area contributed by atoms with Gasteiger partial charge in [-0.05, 0) is 18.8 Å². The summed E-state index contributed by atoms with van der Waals surface area (Å²) in [6.45, 7) is 2.08. The van der Waals surface area contributed by atoms with Crippen LogP contribution >= 0.6 is 0 Å². The molecule has 1 aliphatic heterocycles. The summed E-state index contributed by atoms with van der Waals surface area (Å²) in [5.74, 6) is 0.950. The number of hydrogen-bond donors (Lipinski definition) is 2. The largest absolute Gasteiger partial charge is 0.355 e. The SMILES string of the molecule is CN=C(NCCS(=O)(=O)NCC1CCC1)N1CCN(c2cnn(C)c2)C(=O)C1. The molecule has 3 rings (SSSR count). The number of piperazine rings is 1. The molecule has 0 unspecified atom stereocenters. The Morgan fingerprint density at radius 3 is 2.71 bits per heavy atom. The van der Waals surface area contributed by atoms with Crippen molar-refractivity contribution < 1.29 is 13.2 Å². The minimum Gasteiger partial charge on any atom is -0.355 e. The summed E-state index contributed by atoms with van der Waals surface area (Å²) in [6.07, 6.45) is 6.88. The van der Waals surface area contributed by atoms with E-state index in [9.17, 15) is 13.2 Å².